The predicted molar refractivity (Wildman–Crippen MR) is 105 cm³/mol. The zero-order valence-electron chi connectivity index (χ0n) is 15.1. The van der Waals surface area contributed by atoms with Crippen molar-refractivity contribution in [3.8, 4) is 0 Å². The second kappa shape index (κ2) is 7.72. The van der Waals surface area contributed by atoms with Gasteiger partial charge in [-0.3, -0.25) is 4.79 Å². The standard InChI is InChI=1S/C21H18FNO3S/c1-12-4-6-14(7-5-12)18(24)19-13(2)17(21(25)26-3)20(27-19)23-16-10-8-15(22)9-11-16/h4-11,23H,1-3H3. The fraction of sp³-hybridized carbons (Fsp3) is 0.143. The summed E-state index contributed by atoms with van der Waals surface area (Å²) in [6.07, 6.45) is 0. The van der Waals surface area contributed by atoms with Crippen LogP contribution < -0.4 is 5.32 Å². The number of ether oxygens (including phenoxy) is 1. The second-order valence-corrected chi connectivity index (χ2v) is 7.10. The number of nitrogens with one attached hydrogen (secondary N) is 1. The highest BCUT2D eigenvalue weighted by atomic mass is 32.1. The molecule has 3 rings (SSSR count). The normalized spacial score (nSPS) is 10.5. The number of hydrogen-bond donors (Lipinski definition) is 1. The third kappa shape index (κ3) is 3.90. The Hall–Kier alpha value is -2.99. The summed E-state index contributed by atoms with van der Waals surface area (Å²) in [4.78, 5) is 25.7. The second-order valence-electron chi connectivity index (χ2n) is 6.08. The van der Waals surface area contributed by atoms with E-state index in [1.165, 1.54) is 30.6 Å². The maximum absolute atomic E-state index is 13.1. The average Bonchev–Trinajstić information content (AvgIpc) is 2.99. The molecule has 2 aromatic carbocycles. The number of methoxy groups -OCH3 is 1. The van der Waals surface area contributed by atoms with Crippen molar-refractivity contribution in [2.75, 3.05) is 12.4 Å². The van der Waals surface area contributed by atoms with Gasteiger partial charge >= 0.3 is 5.97 Å². The molecule has 0 unspecified atom stereocenters. The molecule has 138 valence electrons. The first-order valence-corrected chi connectivity index (χ1v) is 9.08. The lowest BCUT2D eigenvalue weighted by Crippen LogP contribution is -2.06. The molecule has 0 bridgehead atoms. The summed E-state index contributed by atoms with van der Waals surface area (Å²) in [5.41, 5.74) is 3.08. The van der Waals surface area contributed by atoms with Crippen molar-refractivity contribution >= 4 is 33.8 Å². The summed E-state index contributed by atoms with van der Waals surface area (Å²) in [7, 11) is 1.29. The van der Waals surface area contributed by atoms with Crippen LogP contribution in [-0.4, -0.2) is 18.9 Å². The molecule has 4 nitrogen and oxygen atoms in total. The van der Waals surface area contributed by atoms with Gasteiger partial charge in [0.15, 0.2) is 0 Å². The van der Waals surface area contributed by atoms with Crippen LogP contribution >= 0.6 is 11.3 Å². The Bertz CT molecular complexity index is 992. The lowest BCUT2D eigenvalue weighted by molar-refractivity contribution is 0.0601. The maximum atomic E-state index is 13.1. The molecule has 1 N–H and O–H groups in total. The van der Waals surface area contributed by atoms with Crippen molar-refractivity contribution in [1.82, 2.24) is 0 Å². The number of anilines is 2. The van der Waals surface area contributed by atoms with Crippen LogP contribution in [0.1, 0.15) is 36.7 Å². The monoisotopic (exact) mass is 383 g/mol. The van der Waals surface area contributed by atoms with Crippen molar-refractivity contribution < 1.29 is 18.7 Å². The van der Waals surface area contributed by atoms with E-state index < -0.39 is 5.97 Å². The quantitative estimate of drug-likeness (QED) is 0.482. The number of thiophene rings is 1. The number of carbonyl (C=O) groups is 2. The van der Waals surface area contributed by atoms with Crippen LogP contribution in [0.4, 0.5) is 15.1 Å². The molecular formula is C21H18FNO3S. The Balaban J connectivity index is 2.03. The van der Waals surface area contributed by atoms with Crippen molar-refractivity contribution in [3.63, 3.8) is 0 Å². The SMILES string of the molecule is COC(=O)c1c(Nc2ccc(F)cc2)sc(C(=O)c2ccc(C)cc2)c1C. The molecule has 0 radical (unpaired) electrons. The van der Waals surface area contributed by atoms with Gasteiger partial charge in [0.25, 0.3) is 0 Å². The number of rotatable bonds is 5. The van der Waals surface area contributed by atoms with Crippen molar-refractivity contribution in [2.45, 2.75) is 13.8 Å². The van der Waals surface area contributed by atoms with Gasteiger partial charge in [-0.2, -0.15) is 0 Å². The summed E-state index contributed by atoms with van der Waals surface area (Å²) in [5, 5.41) is 3.58. The van der Waals surface area contributed by atoms with Gasteiger partial charge in [0.2, 0.25) is 5.78 Å². The minimum Gasteiger partial charge on any atom is -0.465 e. The number of ketones is 1. The lowest BCUT2D eigenvalue weighted by atomic mass is 10.0. The third-order valence-electron chi connectivity index (χ3n) is 4.16. The highest BCUT2D eigenvalue weighted by molar-refractivity contribution is 7.18. The van der Waals surface area contributed by atoms with E-state index in [1.807, 2.05) is 19.1 Å². The summed E-state index contributed by atoms with van der Waals surface area (Å²) in [5.74, 6) is -1.04. The van der Waals surface area contributed by atoms with Crippen molar-refractivity contribution in [1.29, 1.82) is 0 Å². The van der Waals surface area contributed by atoms with Gasteiger partial charge in [-0.25, -0.2) is 9.18 Å². The van der Waals surface area contributed by atoms with E-state index in [2.05, 4.69) is 5.32 Å². The van der Waals surface area contributed by atoms with Gasteiger partial charge in [-0.15, -0.1) is 11.3 Å². The Morgan fingerprint density at radius 1 is 1.00 bits per heavy atom. The smallest absolute Gasteiger partial charge is 0.341 e. The molecule has 1 aromatic heterocycles. The first-order valence-electron chi connectivity index (χ1n) is 8.26. The topological polar surface area (TPSA) is 55.4 Å². The summed E-state index contributed by atoms with van der Waals surface area (Å²) in [6.45, 7) is 3.67. The highest BCUT2D eigenvalue weighted by Crippen LogP contribution is 2.37. The number of esters is 1. The number of aryl methyl sites for hydroxylation is 1. The van der Waals surface area contributed by atoms with Crippen molar-refractivity contribution in [2.24, 2.45) is 0 Å². The first kappa shape index (κ1) is 18.8. The molecule has 27 heavy (non-hydrogen) atoms. The molecule has 1 heterocycles. The predicted octanol–water partition coefficient (Wildman–Crippen LogP) is 5.27. The largest absolute Gasteiger partial charge is 0.465 e. The molecule has 3 aromatic rings. The fourth-order valence-electron chi connectivity index (χ4n) is 2.67. The molecule has 0 aliphatic carbocycles. The summed E-state index contributed by atoms with van der Waals surface area (Å²) < 4.78 is 18.0. The zero-order valence-corrected chi connectivity index (χ0v) is 15.9. The average molecular weight is 383 g/mol. The van der Waals surface area contributed by atoms with Crippen molar-refractivity contribution in [3.05, 3.63) is 81.5 Å². The van der Waals surface area contributed by atoms with E-state index in [1.54, 1.807) is 31.2 Å². The molecular weight excluding hydrogens is 365 g/mol. The van der Waals surface area contributed by atoms with Gasteiger partial charge in [0, 0.05) is 11.3 Å². The first-order chi connectivity index (χ1) is 12.9. The number of benzene rings is 2. The van der Waals surface area contributed by atoms with E-state index in [9.17, 15) is 14.0 Å². The fourth-order valence-corrected chi connectivity index (χ4v) is 3.84. The molecule has 0 aliphatic heterocycles. The Morgan fingerprint density at radius 2 is 1.63 bits per heavy atom. The van der Waals surface area contributed by atoms with E-state index >= 15 is 0 Å². The van der Waals surface area contributed by atoms with E-state index in [0.717, 1.165) is 5.56 Å². The molecule has 0 aliphatic rings. The molecule has 0 atom stereocenters. The highest BCUT2D eigenvalue weighted by Gasteiger charge is 2.26. The van der Waals surface area contributed by atoms with Crippen LogP contribution in [0.15, 0.2) is 48.5 Å². The van der Waals surface area contributed by atoms with Crippen LogP contribution in [0.3, 0.4) is 0 Å². The third-order valence-corrected chi connectivity index (χ3v) is 5.36. The maximum Gasteiger partial charge on any atom is 0.341 e. The molecule has 0 saturated heterocycles. The van der Waals surface area contributed by atoms with Crippen LogP contribution in [0.2, 0.25) is 0 Å². The molecule has 0 spiro atoms. The number of hydrogen-bond acceptors (Lipinski definition) is 5. The van der Waals surface area contributed by atoms with Gasteiger partial charge in [0.1, 0.15) is 10.8 Å². The van der Waals surface area contributed by atoms with Crippen LogP contribution in [0, 0.1) is 19.7 Å². The zero-order chi connectivity index (χ0) is 19.6. The van der Waals surface area contributed by atoms with Gasteiger partial charge in [-0.05, 0) is 43.7 Å². The number of carbonyl (C=O) groups excluding carboxylic acids is 2. The molecule has 0 saturated carbocycles. The van der Waals surface area contributed by atoms with E-state index in [0.29, 0.717) is 32.3 Å². The summed E-state index contributed by atoms with van der Waals surface area (Å²) in [6, 6.07) is 13.0. The molecule has 0 amide bonds. The van der Waals surface area contributed by atoms with E-state index in [4.69, 9.17) is 4.74 Å². The van der Waals surface area contributed by atoms with Crippen LogP contribution in [0.25, 0.3) is 0 Å². The minimum absolute atomic E-state index is 0.158. The van der Waals surface area contributed by atoms with Crippen LogP contribution in [0.5, 0.6) is 0 Å². The van der Waals surface area contributed by atoms with Gasteiger partial charge in [0.05, 0.1) is 17.6 Å². The summed E-state index contributed by atoms with van der Waals surface area (Å²) >= 11 is 1.18. The Labute approximate surface area is 160 Å². The van der Waals surface area contributed by atoms with Crippen LogP contribution in [-0.2, 0) is 4.74 Å². The van der Waals surface area contributed by atoms with Gasteiger partial charge < -0.3 is 10.1 Å². The van der Waals surface area contributed by atoms with E-state index in [-0.39, 0.29) is 11.6 Å². The minimum atomic E-state index is -0.531. The lowest BCUT2D eigenvalue weighted by Gasteiger charge is -2.06. The van der Waals surface area contributed by atoms with Gasteiger partial charge in [-0.1, -0.05) is 29.8 Å². The molecule has 0 fully saturated rings. The molecule has 6 heteroatoms. The number of halogens is 1. The Morgan fingerprint density at radius 3 is 2.22 bits per heavy atom. The Kier molecular flexibility index (Phi) is 5.37.